The Labute approximate surface area is 53.5 Å². The van der Waals surface area contributed by atoms with Crippen molar-refractivity contribution < 1.29 is 8.42 Å². The monoisotopic (exact) mass is 157 g/mol. The molecule has 0 rings (SSSR count). The molecule has 0 spiro atoms. The van der Waals surface area contributed by atoms with Crippen LogP contribution in [0.2, 0.25) is 0 Å². The van der Waals surface area contributed by atoms with Crippen molar-refractivity contribution in [2.75, 3.05) is 19.3 Å². The van der Waals surface area contributed by atoms with Crippen LogP contribution in [0.3, 0.4) is 0 Å². The van der Waals surface area contributed by atoms with E-state index >= 15 is 0 Å². The molecule has 0 radical (unpaired) electrons. The summed E-state index contributed by atoms with van der Waals surface area (Å²) in [7, 11) is 3.24. The first-order valence-corrected chi connectivity index (χ1v) is 4.61. The molecule has 0 aromatic rings. The molecule has 0 saturated heterocycles. The van der Waals surface area contributed by atoms with Crippen molar-refractivity contribution in [2.45, 2.75) is 0 Å². The van der Waals surface area contributed by atoms with E-state index in [1.165, 1.54) is 0 Å². The lowest BCUT2D eigenvalue weighted by Crippen LogP contribution is -2.15. The van der Waals surface area contributed by atoms with Gasteiger partial charge in [0.2, 0.25) is 9.05 Å². The van der Waals surface area contributed by atoms with Gasteiger partial charge in [-0.2, -0.15) is 0 Å². The summed E-state index contributed by atoms with van der Waals surface area (Å²) in [6.45, 7) is 0.409. The van der Waals surface area contributed by atoms with E-state index in [-0.39, 0.29) is 5.75 Å². The molecule has 0 fully saturated rings. The fourth-order valence-electron chi connectivity index (χ4n) is 0.224. The fraction of sp³-hybridized carbons (Fsp3) is 1.00. The zero-order chi connectivity index (χ0) is 6.62. The van der Waals surface area contributed by atoms with E-state index in [0.717, 1.165) is 0 Å². The van der Waals surface area contributed by atoms with Gasteiger partial charge in [0.1, 0.15) is 0 Å². The van der Waals surface area contributed by atoms with Crippen molar-refractivity contribution in [1.82, 2.24) is 5.32 Å². The largest absolute Gasteiger partial charge is 0.319 e. The summed E-state index contributed by atoms with van der Waals surface area (Å²) in [5, 5.41) is 2.66. The minimum absolute atomic E-state index is 0.00887. The van der Waals surface area contributed by atoms with Crippen LogP contribution < -0.4 is 5.32 Å². The molecule has 0 aliphatic heterocycles. The Kier molecular flexibility index (Phi) is 3.35. The van der Waals surface area contributed by atoms with Crippen LogP contribution in [0.15, 0.2) is 0 Å². The van der Waals surface area contributed by atoms with Gasteiger partial charge < -0.3 is 5.32 Å². The molecule has 0 saturated carbocycles. The van der Waals surface area contributed by atoms with Crippen molar-refractivity contribution in [3.05, 3.63) is 0 Å². The normalized spacial score (nSPS) is 11.8. The Balaban J connectivity index is 3.42. The van der Waals surface area contributed by atoms with Crippen LogP contribution in [0.25, 0.3) is 0 Å². The first-order valence-electron chi connectivity index (χ1n) is 2.13. The number of nitrogens with one attached hydrogen (secondary N) is 1. The highest BCUT2D eigenvalue weighted by atomic mass is 35.7. The van der Waals surface area contributed by atoms with Crippen molar-refractivity contribution >= 4 is 19.7 Å². The lowest BCUT2D eigenvalue weighted by Gasteiger charge is -1.91. The lowest BCUT2D eigenvalue weighted by atomic mass is 10.8. The molecule has 50 valence electrons. The van der Waals surface area contributed by atoms with E-state index in [1.807, 2.05) is 0 Å². The van der Waals surface area contributed by atoms with Crippen LogP contribution in [-0.4, -0.2) is 27.8 Å². The van der Waals surface area contributed by atoms with Crippen molar-refractivity contribution in [3.8, 4) is 0 Å². The highest BCUT2D eigenvalue weighted by molar-refractivity contribution is 8.13. The van der Waals surface area contributed by atoms with E-state index in [4.69, 9.17) is 10.7 Å². The Hall–Kier alpha value is 0.200. The predicted molar refractivity (Wildman–Crippen MR) is 33.6 cm³/mol. The van der Waals surface area contributed by atoms with Crippen molar-refractivity contribution in [3.63, 3.8) is 0 Å². The second kappa shape index (κ2) is 3.27. The van der Waals surface area contributed by atoms with E-state index in [1.54, 1.807) is 7.05 Å². The van der Waals surface area contributed by atoms with Crippen LogP contribution >= 0.6 is 10.7 Å². The quantitative estimate of drug-likeness (QED) is 0.576. The van der Waals surface area contributed by atoms with E-state index in [2.05, 4.69) is 5.32 Å². The molecule has 1 N–H and O–H groups in total. The topological polar surface area (TPSA) is 46.2 Å². The zero-order valence-corrected chi connectivity index (χ0v) is 6.09. The first kappa shape index (κ1) is 8.20. The molecule has 0 aromatic carbocycles. The summed E-state index contributed by atoms with van der Waals surface area (Å²) in [6.07, 6.45) is 0. The van der Waals surface area contributed by atoms with Gasteiger partial charge in [0.25, 0.3) is 0 Å². The molecule has 0 aliphatic carbocycles. The molecule has 0 unspecified atom stereocenters. The van der Waals surface area contributed by atoms with E-state index in [9.17, 15) is 8.42 Å². The fourth-order valence-corrected chi connectivity index (χ4v) is 0.903. The Bertz CT molecular complexity index is 141. The molecule has 8 heavy (non-hydrogen) atoms. The maximum Gasteiger partial charge on any atom is 0.233 e. The molecular formula is C3H8ClNO2S. The predicted octanol–water partition coefficient (Wildman–Crippen LogP) is -0.226. The Morgan fingerprint density at radius 1 is 1.62 bits per heavy atom. The smallest absolute Gasteiger partial charge is 0.233 e. The summed E-state index contributed by atoms with van der Waals surface area (Å²) in [6, 6.07) is 0. The van der Waals surface area contributed by atoms with Gasteiger partial charge in [-0.05, 0) is 7.05 Å². The highest BCUT2D eigenvalue weighted by Gasteiger charge is 2.00. The molecule has 0 amide bonds. The summed E-state index contributed by atoms with van der Waals surface area (Å²) >= 11 is 0. The third-order valence-electron chi connectivity index (χ3n) is 0.596. The van der Waals surface area contributed by atoms with E-state index in [0.29, 0.717) is 6.54 Å². The maximum absolute atomic E-state index is 10.1. The molecule has 0 heterocycles. The number of rotatable bonds is 3. The van der Waals surface area contributed by atoms with Crippen molar-refractivity contribution in [1.29, 1.82) is 0 Å². The standard InChI is InChI=1S/C3H8ClNO2S/c1-5-2-3-8(4,6)7/h5H,2-3H2,1H3. The summed E-state index contributed by atoms with van der Waals surface area (Å²) in [5.41, 5.74) is 0. The molecule has 5 heteroatoms. The van der Waals surface area contributed by atoms with Gasteiger partial charge in [0.05, 0.1) is 5.75 Å². The Morgan fingerprint density at radius 3 is 2.25 bits per heavy atom. The molecular weight excluding hydrogens is 150 g/mol. The van der Waals surface area contributed by atoms with Crippen LogP contribution in [0, 0.1) is 0 Å². The second-order valence-corrected chi connectivity index (χ2v) is 4.24. The van der Waals surface area contributed by atoms with Gasteiger partial charge >= 0.3 is 0 Å². The summed E-state index contributed by atoms with van der Waals surface area (Å²) in [4.78, 5) is 0. The van der Waals surface area contributed by atoms with Gasteiger partial charge in [-0.1, -0.05) is 0 Å². The zero-order valence-electron chi connectivity index (χ0n) is 4.52. The van der Waals surface area contributed by atoms with Crippen LogP contribution in [0.1, 0.15) is 0 Å². The van der Waals surface area contributed by atoms with Crippen LogP contribution in [0.4, 0.5) is 0 Å². The molecule has 0 aliphatic rings. The molecule has 0 bridgehead atoms. The first-order chi connectivity index (χ1) is 3.56. The summed E-state index contributed by atoms with van der Waals surface area (Å²) < 4.78 is 20.2. The number of halogens is 1. The second-order valence-electron chi connectivity index (χ2n) is 1.35. The Morgan fingerprint density at radius 2 is 2.12 bits per heavy atom. The van der Waals surface area contributed by atoms with Crippen LogP contribution in [0.5, 0.6) is 0 Å². The summed E-state index contributed by atoms with van der Waals surface area (Å²) in [5.74, 6) is -0.00887. The van der Waals surface area contributed by atoms with Gasteiger partial charge in [0, 0.05) is 17.2 Å². The molecule has 0 atom stereocenters. The molecule has 0 aromatic heterocycles. The van der Waals surface area contributed by atoms with Gasteiger partial charge in [0.15, 0.2) is 0 Å². The highest BCUT2D eigenvalue weighted by Crippen LogP contribution is 1.92. The van der Waals surface area contributed by atoms with Gasteiger partial charge in [-0.15, -0.1) is 0 Å². The third kappa shape index (κ3) is 6.20. The minimum Gasteiger partial charge on any atom is -0.319 e. The molecule has 3 nitrogen and oxygen atoms in total. The van der Waals surface area contributed by atoms with Crippen LogP contribution in [-0.2, 0) is 9.05 Å². The van der Waals surface area contributed by atoms with Gasteiger partial charge in [-0.3, -0.25) is 0 Å². The average Bonchev–Trinajstić information content (AvgIpc) is 1.59. The SMILES string of the molecule is CNCCS(=O)(=O)Cl. The van der Waals surface area contributed by atoms with Crippen molar-refractivity contribution in [2.24, 2.45) is 0 Å². The maximum atomic E-state index is 10.1. The van der Waals surface area contributed by atoms with Gasteiger partial charge in [-0.25, -0.2) is 8.42 Å². The van der Waals surface area contributed by atoms with E-state index < -0.39 is 9.05 Å². The number of hydrogen-bond donors (Lipinski definition) is 1. The number of hydrogen-bond acceptors (Lipinski definition) is 3. The third-order valence-corrected chi connectivity index (χ3v) is 1.75. The average molecular weight is 158 g/mol. The lowest BCUT2D eigenvalue weighted by molar-refractivity contribution is 0.607. The minimum atomic E-state index is -3.28.